The average molecular weight is 1540 g/mol. The number of pyridine rings is 3. The Hall–Kier alpha value is -9.93. The normalized spacial score (nSPS) is 12.4. The van der Waals surface area contributed by atoms with E-state index in [0.29, 0.717) is 114 Å². The first-order valence-corrected chi connectivity index (χ1v) is 32.3. The van der Waals surface area contributed by atoms with Crippen molar-refractivity contribution in [3.8, 4) is 0 Å². The summed E-state index contributed by atoms with van der Waals surface area (Å²) in [6, 6.07) is 44.0. The Labute approximate surface area is 589 Å². The van der Waals surface area contributed by atoms with Crippen LogP contribution in [0.2, 0.25) is 15.1 Å². The predicted molar refractivity (Wildman–Crippen MR) is 382 cm³/mol. The molecule has 3 aromatic heterocycles. The van der Waals surface area contributed by atoms with Crippen molar-refractivity contribution in [1.29, 1.82) is 10.8 Å². The quantitative estimate of drug-likeness (QED) is 0.0197. The fraction of sp³-hybridized carbons (Fsp3) is 0.104. The van der Waals surface area contributed by atoms with Gasteiger partial charge in [0.25, 0.3) is 35.4 Å². The number of nitrogens with zero attached hydrogens (tertiary/aromatic N) is 6. The van der Waals surface area contributed by atoms with Gasteiger partial charge in [0, 0.05) is 102 Å². The molecule has 6 amide bonds. The van der Waals surface area contributed by atoms with E-state index < -0.39 is 23.6 Å². The van der Waals surface area contributed by atoms with Crippen molar-refractivity contribution < 1.29 is 38.7 Å². The summed E-state index contributed by atoms with van der Waals surface area (Å²) < 4.78 is 7.58. The molecule has 2 aliphatic rings. The van der Waals surface area contributed by atoms with Crippen LogP contribution >= 0.6 is 82.6 Å². The SMILES string of the molecule is N=C(c1ccc(C(=O)Nc2ccc(Br)cc2C(=O)Nc2ccc(Cl)cn2)cc1)N1CCC1.N=C(c1ccc(C(=O)Nc2ccc(Cl)cc2C(=O)Nc2ccc(Br)cn2)cc1)N1CCOCC1.NC(=NO)c1ccc(C(=O)Nc2ccc(Cl)cc2C(=O)Nc2ccc(Br)cn2)cc1. The first-order chi connectivity index (χ1) is 46.2. The lowest BCUT2D eigenvalue weighted by molar-refractivity contribution is 0.0680. The Bertz CT molecular complexity index is 4400. The van der Waals surface area contributed by atoms with Crippen LogP contribution in [0.5, 0.6) is 0 Å². The Morgan fingerprint density at radius 3 is 1.14 bits per heavy atom. The standard InChI is InChI=1S/C24H21BrClN5O3.C23H19BrClN5O2.C20H15BrClN5O3/c25-17-5-8-21(28-14-17)30-24(33)19-13-18(26)6-7-20(19)29-23(32)16-3-1-15(2-4-16)22(27)31-9-11-34-12-10-31;24-16-6-8-19(18(12-16)23(32)29-20-9-7-17(25)13-27-20)28-22(31)15-4-2-14(3-5-15)21(26)30-10-1-11-30;21-13-5-8-17(24-10-13)26-20(29)15-9-14(22)6-7-16(15)25-19(28)12-3-1-11(2-4-12)18(23)27-30/h1-8,13-14,27H,9-12H2,(H,29,32)(H,28,30,33);2-9,12-13,26H,1,10-11H2,(H,28,31)(H,27,29,32);1-10,30H,(H2,23,27)(H,25,28)(H,24,26,29). The summed E-state index contributed by atoms with van der Waals surface area (Å²) in [4.78, 5) is 92.9. The highest BCUT2D eigenvalue weighted by Gasteiger charge is 2.23. The highest BCUT2D eigenvalue weighted by molar-refractivity contribution is 9.11. The summed E-state index contributed by atoms with van der Waals surface area (Å²) in [6.45, 7) is 4.30. The van der Waals surface area contributed by atoms with Gasteiger partial charge in [0.05, 0.1) is 52.0 Å². The van der Waals surface area contributed by atoms with Gasteiger partial charge in [0.2, 0.25) is 0 Å². The number of morpholine rings is 1. The minimum absolute atomic E-state index is 0.0693. The molecule has 5 heterocycles. The number of hydrogen-bond donors (Lipinski definition) is 10. The van der Waals surface area contributed by atoms with Crippen molar-refractivity contribution in [2.45, 2.75) is 6.42 Å². The zero-order valence-corrected chi connectivity index (χ0v) is 57.1. The number of benzene rings is 6. The Morgan fingerprint density at radius 2 is 0.771 bits per heavy atom. The second kappa shape index (κ2) is 33.4. The number of halogens is 6. The number of amidine groups is 3. The highest BCUT2D eigenvalue weighted by Crippen LogP contribution is 2.28. The Balaban J connectivity index is 0.000000169. The first-order valence-electron chi connectivity index (χ1n) is 28.8. The van der Waals surface area contributed by atoms with E-state index in [-0.39, 0.29) is 40.0 Å². The lowest BCUT2D eigenvalue weighted by Gasteiger charge is -2.33. The van der Waals surface area contributed by atoms with Crippen LogP contribution < -0.4 is 37.6 Å². The second-order valence-electron chi connectivity index (χ2n) is 20.7. The molecule has 2 aliphatic heterocycles. The molecular formula is C67H55Br3Cl3N15O8. The van der Waals surface area contributed by atoms with E-state index in [1.54, 1.807) is 146 Å². The fourth-order valence-corrected chi connectivity index (χ4v) is 10.3. The molecule has 11 N–H and O–H groups in total. The van der Waals surface area contributed by atoms with Crippen LogP contribution in [0.1, 0.15) is 85.3 Å². The number of rotatable bonds is 15. The first kappa shape index (κ1) is 70.4. The number of likely N-dealkylation sites (tertiary alicyclic amines) is 1. The third-order valence-corrected chi connectivity index (χ3v) is 16.3. The molecule has 11 rings (SSSR count). The molecule has 0 bridgehead atoms. The topological polar surface area (TPSA) is 335 Å². The van der Waals surface area contributed by atoms with Gasteiger partial charge in [-0.15, -0.1) is 0 Å². The third kappa shape index (κ3) is 19.4. The Kier molecular flexibility index (Phi) is 24.5. The molecule has 0 aliphatic carbocycles. The summed E-state index contributed by atoms with van der Waals surface area (Å²) in [7, 11) is 0. The van der Waals surface area contributed by atoms with Gasteiger partial charge < -0.3 is 57.4 Å². The van der Waals surface area contributed by atoms with E-state index in [1.807, 2.05) is 9.80 Å². The maximum absolute atomic E-state index is 12.9. The average Bonchev–Trinajstić information content (AvgIpc) is 0.862. The zero-order chi connectivity index (χ0) is 68.4. The number of carbonyl (C=O) groups excluding carboxylic acids is 6. The van der Waals surface area contributed by atoms with Crippen molar-refractivity contribution >= 4 is 170 Å². The van der Waals surface area contributed by atoms with Crippen LogP contribution in [0.25, 0.3) is 0 Å². The van der Waals surface area contributed by atoms with Crippen LogP contribution in [0, 0.1) is 10.8 Å². The van der Waals surface area contributed by atoms with Gasteiger partial charge in [-0.1, -0.05) is 92.3 Å². The number of aromatic nitrogens is 3. The van der Waals surface area contributed by atoms with E-state index in [1.165, 1.54) is 36.5 Å². The van der Waals surface area contributed by atoms with Crippen molar-refractivity contribution in [2.75, 3.05) is 71.3 Å². The molecule has 29 heteroatoms. The molecule has 6 aromatic carbocycles. The second-order valence-corrected chi connectivity index (χ2v) is 24.8. The number of hydrogen-bond acceptors (Lipinski definition) is 14. The van der Waals surface area contributed by atoms with E-state index in [4.69, 9.17) is 61.3 Å². The number of carbonyl (C=O) groups is 6. The van der Waals surface area contributed by atoms with Crippen molar-refractivity contribution in [2.24, 2.45) is 10.9 Å². The van der Waals surface area contributed by atoms with Crippen LogP contribution in [0.3, 0.4) is 0 Å². The molecule has 96 heavy (non-hydrogen) atoms. The lowest BCUT2D eigenvalue weighted by Crippen LogP contribution is -2.42. The molecule has 0 saturated carbocycles. The summed E-state index contributed by atoms with van der Waals surface area (Å²) in [5.74, 6) is -0.698. The predicted octanol–water partition coefficient (Wildman–Crippen LogP) is 13.8. The molecule has 23 nitrogen and oxygen atoms in total. The van der Waals surface area contributed by atoms with E-state index in [2.05, 4.69) is 99.8 Å². The fourth-order valence-electron chi connectivity index (χ4n) is 9.02. The van der Waals surface area contributed by atoms with Crippen molar-refractivity contribution in [3.63, 3.8) is 0 Å². The smallest absolute Gasteiger partial charge is 0.258 e. The number of ether oxygens (including phenoxy) is 1. The monoisotopic (exact) mass is 1540 g/mol. The summed E-state index contributed by atoms with van der Waals surface area (Å²) >= 11 is 27.9. The van der Waals surface area contributed by atoms with E-state index >= 15 is 0 Å². The number of anilines is 6. The van der Waals surface area contributed by atoms with E-state index in [9.17, 15) is 28.8 Å². The number of nitrogens with one attached hydrogen (secondary N) is 8. The van der Waals surface area contributed by atoms with Gasteiger partial charge in [-0.25, -0.2) is 15.0 Å². The summed E-state index contributed by atoms with van der Waals surface area (Å²) in [6.07, 6.45) is 5.65. The highest BCUT2D eigenvalue weighted by atomic mass is 79.9. The van der Waals surface area contributed by atoms with Crippen LogP contribution in [-0.2, 0) is 4.74 Å². The van der Waals surface area contributed by atoms with Crippen molar-refractivity contribution in [3.05, 3.63) is 261 Å². The van der Waals surface area contributed by atoms with Crippen LogP contribution in [0.4, 0.5) is 34.5 Å². The van der Waals surface area contributed by atoms with Gasteiger partial charge in [-0.05, 0) is 166 Å². The number of amides is 6. The number of oxime groups is 1. The lowest BCUT2D eigenvalue weighted by atomic mass is 10.1. The molecule has 2 fully saturated rings. The molecular weight excluding hydrogens is 1490 g/mol. The van der Waals surface area contributed by atoms with Gasteiger partial charge in [-0.3, -0.25) is 39.6 Å². The minimum atomic E-state index is -0.482. The van der Waals surface area contributed by atoms with Crippen molar-refractivity contribution in [1.82, 2.24) is 24.8 Å². The number of nitrogens with two attached hydrogens (primary N) is 1. The minimum Gasteiger partial charge on any atom is -0.409 e. The van der Waals surface area contributed by atoms with Gasteiger partial charge in [-0.2, -0.15) is 0 Å². The molecule has 0 spiro atoms. The van der Waals surface area contributed by atoms with Gasteiger partial charge in [0.15, 0.2) is 5.84 Å². The van der Waals surface area contributed by atoms with Gasteiger partial charge >= 0.3 is 0 Å². The molecule has 0 atom stereocenters. The molecule has 0 radical (unpaired) electrons. The van der Waals surface area contributed by atoms with Crippen LogP contribution in [0.15, 0.2) is 201 Å². The van der Waals surface area contributed by atoms with Gasteiger partial charge in [0.1, 0.15) is 29.1 Å². The maximum Gasteiger partial charge on any atom is 0.258 e. The maximum atomic E-state index is 12.9. The molecule has 2 saturated heterocycles. The summed E-state index contributed by atoms with van der Waals surface area (Å²) in [5, 5.41) is 45.7. The summed E-state index contributed by atoms with van der Waals surface area (Å²) in [5.41, 5.74) is 10.2. The zero-order valence-electron chi connectivity index (χ0n) is 50.1. The molecule has 9 aromatic rings. The van der Waals surface area contributed by atoms with Crippen LogP contribution in [-0.4, -0.2) is 122 Å². The Morgan fingerprint density at radius 1 is 0.427 bits per heavy atom. The molecule has 488 valence electrons. The molecule has 0 unspecified atom stereocenters. The third-order valence-electron chi connectivity index (χ3n) is 14.2. The largest absolute Gasteiger partial charge is 0.409 e. The van der Waals surface area contributed by atoms with E-state index in [0.717, 1.165) is 34.0 Å².